The van der Waals surface area contributed by atoms with E-state index in [-0.39, 0.29) is 11.2 Å². The number of nitrogens with zero attached hydrogens (tertiary/aromatic N) is 1. The molecule has 0 bridgehead atoms. The fourth-order valence-corrected chi connectivity index (χ4v) is 3.70. The molecule has 0 spiro atoms. The van der Waals surface area contributed by atoms with Gasteiger partial charge in [-0.3, -0.25) is 4.99 Å². The zero-order chi connectivity index (χ0) is 20.5. The van der Waals surface area contributed by atoms with Gasteiger partial charge in [-0.1, -0.05) is 30.3 Å². The van der Waals surface area contributed by atoms with Crippen LogP contribution in [0.25, 0.3) is 0 Å². The first-order valence-corrected chi connectivity index (χ1v) is 10.2. The molecule has 0 aromatic heterocycles. The highest BCUT2D eigenvalue weighted by atomic mass is 19.1. The first kappa shape index (κ1) is 21.1. The number of ether oxygens (including phenoxy) is 2. The lowest BCUT2D eigenvalue weighted by atomic mass is 9.74. The molecular weight excluding hydrogens is 369 g/mol. The van der Waals surface area contributed by atoms with Crippen LogP contribution in [-0.2, 0) is 16.7 Å². The van der Waals surface area contributed by atoms with Gasteiger partial charge in [0.1, 0.15) is 11.6 Å². The first-order valence-electron chi connectivity index (χ1n) is 10.2. The van der Waals surface area contributed by atoms with E-state index in [4.69, 9.17) is 9.47 Å². The molecular formula is C23H30FN3O2. The SMILES string of the molecule is CCOc1ccc(C2(CNC(=NC)NCc3ccccc3F)CCOCC2)cc1. The molecule has 0 radical (unpaired) electrons. The van der Waals surface area contributed by atoms with E-state index in [1.54, 1.807) is 19.2 Å². The van der Waals surface area contributed by atoms with Crippen molar-refractivity contribution in [2.45, 2.75) is 31.7 Å². The minimum Gasteiger partial charge on any atom is -0.494 e. The minimum atomic E-state index is -0.217. The number of benzene rings is 2. The molecule has 2 N–H and O–H groups in total. The Labute approximate surface area is 172 Å². The Morgan fingerprint density at radius 2 is 1.83 bits per heavy atom. The maximum absolute atomic E-state index is 13.9. The number of guanidine groups is 1. The third kappa shape index (κ3) is 5.48. The molecule has 1 fully saturated rings. The normalized spacial score (nSPS) is 16.3. The smallest absolute Gasteiger partial charge is 0.191 e. The van der Waals surface area contributed by atoms with Crippen LogP contribution in [0, 0.1) is 5.82 Å². The number of halogens is 1. The van der Waals surface area contributed by atoms with Gasteiger partial charge in [0.2, 0.25) is 0 Å². The van der Waals surface area contributed by atoms with Crippen molar-refractivity contribution in [3.63, 3.8) is 0 Å². The van der Waals surface area contributed by atoms with Crippen LogP contribution in [0.3, 0.4) is 0 Å². The van der Waals surface area contributed by atoms with Gasteiger partial charge < -0.3 is 20.1 Å². The van der Waals surface area contributed by atoms with Crippen molar-refractivity contribution >= 4 is 5.96 Å². The molecule has 1 saturated heterocycles. The van der Waals surface area contributed by atoms with E-state index in [9.17, 15) is 4.39 Å². The van der Waals surface area contributed by atoms with Crippen molar-refractivity contribution in [1.29, 1.82) is 0 Å². The molecule has 29 heavy (non-hydrogen) atoms. The Hall–Kier alpha value is -2.60. The highest BCUT2D eigenvalue weighted by Crippen LogP contribution is 2.35. The highest BCUT2D eigenvalue weighted by Gasteiger charge is 2.34. The van der Waals surface area contributed by atoms with Gasteiger partial charge in [0.25, 0.3) is 0 Å². The Morgan fingerprint density at radius 1 is 1.10 bits per heavy atom. The zero-order valence-corrected chi connectivity index (χ0v) is 17.2. The lowest BCUT2D eigenvalue weighted by molar-refractivity contribution is 0.0513. The fourth-order valence-electron chi connectivity index (χ4n) is 3.70. The Morgan fingerprint density at radius 3 is 2.48 bits per heavy atom. The summed E-state index contributed by atoms with van der Waals surface area (Å²) in [5.41, 5.74) is 1.84. The van der Waals surface area contributed by atoms with Gasteiger partial charge in [-0.2, -0.15) is 0 Å². The Balaban J connectivity index is 1.67. The number of hydrogen-bond donors (Lipinski definition) is 2. The van der Waals surface area contributed by atoms with E-state index in [1.807, 2.05) is 25.1 Å². The summed E-state index contributed by atoms with van der Waals surface area (Å²) in [5.74, 6) is 1.32. The number of aliphatic imine (C=N–C) groups is 1. The molecule has 1 heterocycles. The third-order valence-corrected chi connectivity index (χ3v) is 5.45. The van der Waals surface area contributed by atoms with Crippen LogP contribution in [0.2, 0.25) is 0 Å². The van der Waals surface area contributed by atoms with E-state index in [1.165, 1.54) is 11.6 Å². The standard InChI is InChI=1S/C23H30FN3O2/c1-3-29-20-10-8-19(9-11-20)23(12-14-28-15-13-23)17-27-22(25-2)26-16-18-6-4-5-7-21(18)24/h4-11H,3,12-17H2,1-2H3,(H2,25,26,27). The fraction of sp³-hybridized carbons (Fsp3) is 0.435. The molecule has 2 aromatic carbocycles. The van der Waals surface area contributed by atoms with Crippen LogP contribution < -0.4 is 15.4 Å². The molecule has 156 valence electrons. The molecule has 0 saturated carbocycles. The summed E-state index contributed by atoms with van der Waals surface area (Å²) in [6.45, 7) is 5.21. The maximum atomic E-state index is 13.9. The van der Waals surface area contributed by atoms with E-state index in [0.29, 0.717) is 24.7 Å². The molecule has 0 unspecified atom stereocenters. The second kappa shape index (κ2) is 10.3. The Kier molecular flexibility index (Phi) is 7.47. The van der Waals surface area contributed by atoms with Crippen molar-refractivity contribution in [3.05, 3.63) is 65.5 Å². The number of hydrogen-bond acceptors (Lipinski definition) is 3. The second-order valence-electron chi connectivity index (χ2n) is 7.22. The van der Waals surface area contributed by atoms with Crippen LogP contribution in [0.15, 0.2) is 53.5 Å². The van der Waals surface area contributed by atoms with Crippen molar-refractivity contribution in [2.24, 2.45) is 4.99 Å². The lowest BCUT2D eigenvalue weighted by Gasteiger charge is -2.38. The van der Waals surface area contributed by atoms with Crippen molar-refractivity contribution in [1.82, 2.24) is 10.6 Å². The van der Waals surface area contributed by atoms with Crippen molar-refractivity contribution in [3.8, 4) is 5.75 Å². The zero-order valence-electron chi connectivity index (χ0n) is 17.2. The van der Waals surface area contributed by atoms with E-state index < -0.39 is 0 Å². The molecule has 0 aliphatic carbocycles. The molecule has 2 aromatic rings. The molecule has 3 rings (SSSR count). The average molecular weight is 400 g/mol. The molecule has 0 amide bonds. The van der Waals surface area contributed by atoms with E-state index in [2.05, 4.69) is 27.8 Å². The highest BCUT2D eigenvalue weighted by molar-refractivity contribution is 5.79. The minimum absolute atomic E-state index is 0.0430. The monoisotopic (exact) mass is 399 g/mol. The predicted octanol–water partition coefficient (Wildman–Crippen LogP) is 3.64. The number of rotatable bonds is 7. The van der Waals surface area contributed by atoms with Gasteiger partial charge in [0.15, 0.2) is 5.96 Å². The summed E-state index contributed by atoms with van der Waals surface area (Å²) in [5, 5.41) is 6.65. The summed E-state index contributed by atoms with van der Waals surface area (Å²) in [6, 6.07) is 15.1. The van der Waals surface area contributed by atoms with Gasteiger partial charge in [-0.25, -0.2) is 4.39 Å². The summed E-state index contributed by atoms with van der Waals surface area (Å²) in [4.78, 5) is 4.30. The summed E-state index contributed by atoms with van der Waals surface area (Å²) < 4.78 is 25.1. The predicted molar refractivity (Wildman–Crippen MR) is 114 cm³/mol. The van der Waals surface area contributed by atoms with Crippen LogP contribution in [0.4, 0.5) is 4.39 Å². The summed E-state index contributed by atoms with van der Waals surface area (Å²) >= 11 is 0. The quantitative estimate of drug-likeness (QED) is 0.551. The molecule has 1 aliphatic rings. The Bertz CT molecular complexity index is 802. The summed E-state index contributed by atoms with van der Waals surface area (Å²) in [6.07, 6.45) is 1.86. The van der Waals surface area contributed by atoms with Gasteiger partial charge in [0.05, 0.1) is 6.61 Å². The second-order valence-corrected chi connectivity index (χ2v) is 7.22. The molecule has 1 aliphatic heterocycles. The third-order valence-electron chi connectivity index (χ3n) is 5.45. The summed E-state index contributed by atoms with van der Waals surface area (Å²) in [7, 11) is 1.73. The molecule has 6 heteroatoms. The van der Waals surface area contributed by atoms with E-state index in [0.717, 1.165) is 38.3 Å². The van der Waals surface area contributed by atoms with Crippen LogP contribution in [0.5, 0.6) is 5.75 Å². The average Bonchev–Trinajstić information content (AvgIpc) is 2.76. The number of nitrogens with one attached hydrogen (secondary N) is 2. The van der Waals surface area contributed by atoms with Crippen LogP contribution in [0.1, 0.15) is 30.9 Å². The lowest BCUT2D eigenvalue weighted by Crippen LogP contribution is -2.48. The van der Waals surface area contributed by atoms with Crippen LogP contribution >= 0.6 is 0 Å². The first-order chi connectivity index (χ1) is 14.2. The van der Waals surface area contributed by atoms with Gasteiger partial charge in [-0.05, 0) is 43.5 Å². The molecule has 0 atom stereocenters. The maximum Gasteiger partial charge on any atom is 0.191 e. The topological polar surface area (TPSA) is 54.9 Å². The van der Waals surface area contributed by atoms with Crippen molar-refractivity contribution in [2.75, 3.05) is 33.4 Å². The van der Waals surface area contributed by atoms with Gasteiger partial charge >= 0.3 is 0 Å². The van der Waals surface area contributed by atoms with Crippen LogP contribution in [-0.4, -0.2) is 39.4 Å². The largest absolute Gasteiger partial charge is 0.494 e. The molecule has 5 nitrogen and oxygen atoms in total. The van der Waals surface area contributed by atoms with Crippen molar-refractivity contribution < 1.29 is 13.9 Å². The van der Waals surface area contributed by atoms with Gasteiger partial charge in [0, 0.05) is 44.3 Å². The van der Waals surface area contributed by atoms with E-state index >= 15 is 0 Å². The van der Waals surface area contributed by atoms with Gasteiger partial charge in [-0.15, -0.1) is 0 Å².